The lowest BCUT2D eigenvalue weighted by atomic mass is 9.89. The van der Waals surface area contributed by atoms with E-state index in [1.54, 1.807) is 32.4 Å². The van der Waals surface area contributed by atoms with E-state index < -0.39 is 0 Å². The highest BCUT2D eigenvalue weighted by Gasteiger charge is 2.23. The Morgan fingerprint density at radius 2 is 1.81 bits per heavy atom. The summed E-state index contributed by atoms with van der Waals surface area (Å²) in [6, 6.07) is 5.21. The number of rotatable bonds is 5. The Balaban J connectivity index is 1.99. The lowest BCUT2D eigenvalue weighted by molar-refractivity contribution is 0.0944. The van der Waals surface area contributed by atoms with E-state index in [9.17, 15) is 4.79 Å². The first-order valence-electron chi connectivity index (χ1n) is 7.29. The molecule has 0 aromatic heterocycles. The molecule has 1 aliphatic carbocycles. The summed E-state index contributed by atoms with van der Waals surface area (Å²) in [5.74, 6) is 1.67. The highest BCUT2D eigenvalue weighted by molar-refractivity contribution is 9.09. The van der Waals surface area contributed by atoms with Gasteiger partial charge in [-0.3, -0.25) is 4.79 Å². The van der Waals surface area contributed by atoms with Crippen LogP contribution in [-0.2, 0) is 0 Å². The minimum absolute atomic E-state index is 0.0857. The fraction of sp³-hybridized carbons (Fsp3) is 0.562. The van der Waals surface area contributed by atoms with Crippen molar-refractivity contribution < 1.29 is 14.3 Å². The van der Waals surface area contributed by atoms with Gasteiger partial charge >= 0.3 is 0 Å². The second-order valence-corrected chi connectivity index (χ2v) is 6.55. The summed E-state index contributed by atoms with van der Waals surface area (Å²) < 4.78 is 10.4. The van der Waals surface area contributed by atoms with Crippen molar-refractivity contribution in [3.8, 4) is 11.5 Å². The predicted octanol–water partition coefficient (Wildman–Crippen LogP) is 3.39. The van der Waals surface area contributed by atoms with E-state index in [0.717, 1.165) is 6.42 Å². The summed E-state index contributed by atoms with van der Waals surface area (Å²) in [4.78, 5) is 12.8. The molecule has 2 rings (SSSR count). The molecule has 1 saturated carbocycles. The van der Waals surface area contributed by atoms with E-state index in [1.807, 2.05) is 0 Å². The molecule has 1 aromatic rings. The Kier molecular flexibility index (Phi) is 5.91. The molecule has 1 fully saturated rings. The van der Waals surface area contributed by atoms with Crippen molar-refractivity contribution in [2.75, 3.05) is 20.8 Å². The Morgan fingerprint density at radius 3 is 2.38 bits per heavy atom. The van der Waals surface area contributed by atoms with Crippen molar-refractivity contribution in [3.05, 3.63) is 23.8 Å². The van der Waals surface area contributed by atoms with E-state index in [0.29, 0.717) is 34.4 Å². The molecule has 5 heteroatoms. The lowest BCUT2D eigenvalue weighted by Gasteiger charge is -2.27. The summed E-state index contributed by atoms with van der Waals surface area (Å²) in [7, 11) is 3.15. The van der Waals surface area contributed by atoms with Crippen LogP contribution in [0, 0.1) is 5.92 Å². The van der Waals surface area contributed by atoms with Gasteiger partial charge in [0.25, 0.3) is 5.91 Å². The van der Waals surface area contributed by atoms with Crippen molar-refractivity contribution in [2.45, 2.75) is 30.5 Å². The number of hydrogen-bond acceptors (Lipinski definition) is 3. The molecule has 1 aliphatic rings. The summed E-state index contributed by atoms with van der Waals surface area (Å²) >= 11 is 3.72. The number of halogens is 1. The van der Waals surface area contributed by atoms with Crippen LogP contribution in [0.25, 0.3) is 0 Å². The minimum atomic E-state index is -0.0857. The normalized spacial score (nSPS) is 21.7. The maximum Gasteiger partial charge on any atom is 0.251 e. The van der Waals surface area contributed by atoms with Gasteiger partial charge in [0.2, 0.25) is 0 Å². The Hall–Kier alpha value is -1.23. The van der Waals surface area contributed by atoms with Gasteiger partial charge in [-0.15, -0.1) is 0 Å². The molecule has 1 N–H and O–H groups in total. The molecule has 0 spiro atoms. The molecule has 2 unspecified atom stereocenters. The summed E-state index contributed by atoms with van der Waals surface area (Å²) in [5, 5.41) is 3.02. The van der Waals surface area contributed by atoms with E-state index in [4.69, 9.17) is 9.47 Å². The van der Waals surface area contributed by atoms with Gasteiger partial charge in [-0.25, -0.2) is 0 Å². The zero-order chi connectivity index (χ0) is 15.2. The molecule has 116 valence electrons. The standard InChI is InChI=1S/C16H22BrNO3/c1-20-13-7-12(8-14(9-13)21-2)16(19)18-10-11-5-3-4-6-15(11)17/h7-9,11,15H,3-6,10H2,1-2H3,(H,18,19). The first-order chi connectivity index (χ1) is 10.1. The quantitative estimate of drug-likeness (QED) is 0.823. The van der Waals surface area contributed by atoms with E-state index >= 15 is 0 Å². The van der Waals surface area contributed by atoms with Crippen LogP contribution in [0.3, 0.4) is 0 Å². The third kappa shape index (κ3) is 4.37. The second kappa shape index (κ2) is 7.69. The van der Waals surface area contributed by atoms with Crippen molar-refractivity contribution in [3.63, 3.8) is 0 Å². The monoisotopic (exact) mass is 355 g/mol. The topological polar surface area (TPSA) is 47.6 Å². The second-order valence-electron chi connectivity index (χ2n) is 5.37. The van der Waals surface area contributed by atoms with Gasteiger partial charge in [0, 0.05) is 23.0 Å². The minimum Gasteiger partial charge on any atom is -0.497 e. The number of nitrogens with one attached hydrogen (secondary N) is 1. The van der Waals surface area contributed by atoms with Gasteiger partial charge in [0.15, 0.2) is 0 Å². The SMILES string of the molecule is COc1cc(OC)cc(C(=O)NCC2CCCCC2Br)c1. The van der Waals surface area contributed by atoms with Crippen LogP contribution in [-0.4, -0.2) is 31.5 Å². The molecule has 1 amide bonds. The molecule has 0 aliphatic heterocycles. The number of carbonyl (C=O) groups is 1. The summed E-state index contributed by atoms with van der Waals surface area (Å²) in [6.07, 6.45) is 4.87. The molecule has 21 heavy (non-hydrogen) atoms. The van der Waals surface area contributed by atoms with Gasteiger partial charge in [0.05, 0.1) is 14.2 Å². The van der Waals surface area contributed by atoms with Crippen molar-refractivity contribution in [1.29, 1.82) is 0 Å². The number of alkyl halides is 1. The van der Waals surface area contributed by atoms with Gasteiger partial charge < -0.3 is 14.8 Å². The number of ether oxygens (including phenoxy) is 2. The van der Waals surface area contributed by atoms with Gasteiger partial charge in [-0.05, 0) is 30.9 Å². The van der Waals surface area contributed by atoms with Crippen molar-refractivity contribution >= 4 is 21.8 Å². The smallest absolute Gasteiger partial charge is 0.251 e. The number of carbonyl (C=O) groups excluding carboxylic acids is 1. The number of hydrogen-bond donors (Lipinski definition) is 1. The van der Waals surface area contributed by atoms with E-state index in [-0.39, 0.29) is 5.91 Å². The van der Waals surface area contributed by atoms with Gasteiger partial charge in [-0.2, -0.15) is 0 Å². The fourth-order valence-electron chi connectivity index (χ4n) is 2.66. The highest BCUT2D eigenvalue weighted by atomic mass is 79.9. The van der Waals surface area contributed by atoms with Crippen LogP contribution in [0.4, 0.5) is 0 Å². The summed E-state index contributed by atoms with van der Waals surface area (Å²) in [6.45, 7) is 0.703. The van der Waals surface area contributed by atoms with Crippen LogP contribution < -0.4 is 14.8 Å². The molecule has 0 saturated heterocycles. The van der Waals surface area contributed by atoms with Gasteiger partial charge in [0.1, 0.15) is 11.5 Å². The fourth-order valence-corrected chi connectivity index (χ4v) is 3.43. The first kappa shape index (κ1) is 16.1. The average molecular weight is 356 g/mol. The first-order valence-corrected chi connectivity index (χ1v) is 8.21. The maximum atomic E-state index is 12.3. The molecule has 0 heterocycles. The molecular weight excluding hydrogens is 334 g/mol. The van der Waals surface area contributed by atoms with Gasteiger partial charge in [-0.1, -0.05) is 28.8 Å². The van der Waals surface area contributed by atoms with Crippen LogP contribution in [0.1, 0.15) is 36.0 Å². The molecular formula is C16H22BrNO3. The zero-order valence-electron chi connectivity index (χ0n) is 12.5. The van der Waals surface area contributed by atoms with E-state index in [1.165, 1.54) is 19.3 Å². The van der Waals surface area contributed by atoms with Crippen LogP contribution in [0.15, 0.2) is 18.2 Å². The third-order valence-corrected chi connectivity index (χ3v) is 5.16. The predicted molar refractivity (Wildman–Crippen MR) is 86.6 cm³/mol. The third-order valence-electron chi connectivity index (χ3n) is 3.95. The molecule has 0 radical (unpaired) electrons. The lowest BCUT2D eigenvalue weighted by Crippen LogP contribution is -2.34. The average Bonchev–Trinajstić information content (AvgIpc) is 2.53. The van der Waals surface area contributed by atoms with Crippen molar-refractivity contribution in [1.82, 2.24) is 5.32 Å². The van der Waals surface area contributed by atoms with Crippen LogP contribution in [0.2, 0.25) is 0 Å². The number of amides is 1. The number of methoxy groups -OCH3 is 2. The Bertz CT molecular complexity index is 470. The number of benzene rings is 1. The summed E-state index contributed by atoms with van der Waals surface area (Å²) in [5.41, 5.74) is 0.563. The van der Waals surface area contributed by atoms with Crippen molar-refractivity contribution in [2.24, 2.45) is 5.92 Å². The molecule has 1 aromatic carbocycles. The van der Waals surface area contributed by atoms with Crippen LogP contribution in [0.5, 0.6) is 11.5 Å². The van der Waals surface area contributed by atoms with E-state index in [2.05, 4.69) is 21.2 Å². The Morgan fingerprint density at radius 1 is 1.19 bits per heavy atom. The molecule has 4 nitrogen and oxygen atoms in total. The zero-order valence-corrected chi connectivity index (χ0v) is 14.1. The largest absolute Gasteiger partial charge is 0.497 e. The Labute approximate surface area is 134 Å². The highest BCUT2D eigenvalue weighted by Crippen LogP contribution is 2.29. The maximum absolute atomic E-state index is 12.3. The van der Waals surface area contributed by atoms with Crippen LogP contribution >= 0.6 is 15.9 Å². The molecule has 2 atom stereocenters. The molecule has 0 bridgehead atoms.